The molecular formula is C36H32N4O3S. The first-order valence-electron chi connectivity index (χ1n) is 14.5. The maximum absolute atomic E-state index is 9.51. The zero-order valence-corrected chi connectivity index (χ0v) is 25.9. The quantitative estimate of drug-likeness (QED) is 0.216. The van der Waals surface area contributed by atoms with E-state index in [0.29, 0.717) is 48.2 Å². The Bertz CT molecular complexity index is 1830. The fraction of sp³-hybridized carbons (Fsp3) is 0.250. The minimum absolute atomic E-state index is 0.0267. The van der Waals surface area contributed by atoms with E-state index in [1.807, 2.05) is 45.1 Å². The summed E-state index contributed by atoms with van der Waals surface area (Å²) in [7, 11) is 0. The molecule has 7 nitrogen and oxygen atoms in total. The van der Waals surface area contributed by atoms with Crippen molar-refractivity contribution in [2.24, 2.45) is 10.5 Å². The number of ether oxygens (including phenoxy) is 3. The predicted molar refractivity (Wildman–Crippen MR) is 174 cm³/mol. The van der Waals surface area contributed by atoms with E-state index in [0.717, 1.165) is 21.2 Å². The number of fused-ring (bicyclic) bond motifs is 1. The van der Waals surface area contributed by atoms with Crippen molar-refractivity contribution in [1.82, 2.24) is 0 Å². The Morgan fingerprint density at radius 2 is 1.84 bits per heavy atom. The van der Waals surface area contributed by atoms with Gasteiger partial charge in [0.05, 0.1) is 39.8 Å². The van der Waals surface area contributed by atoms with Crippen LogP contribution < -0.4 is 14.5 Å². The van der Waals surface area contributed by atoms with Gasteiger partial charge in [-0.3, -0.25) is 5.01 Å². The highest BCUT2D eigenvalue weighted by Gasteiger charge is 2.35. The van der Waals surface area contributed by atoms with E-state index in [2.05, 4.69) is 65.3 Å². The molecule has 0 amide bonds. The number of hydrogen-bond donors (Lipinski definition) is 0. The molecule has 1 atom stereocenters. The first-order chi connectivity index (χ1) is 21.2. The average Bonchev–Trinajstić information content (AvgIpc) is 3.63. The van der Waals surface area contributed by atoms with Gasteiger partial charge in [0.25, 0.3) is 5.70 Å². The summed E-state index contributed by atoms with van der Waals surface area (Å²) in [6.45, 7) is 16.6. The van der Waals surface area contributed by atoms with Crippen LogP contribution in [0.2, 0.25) is 0 Å². The lowest BCUT2D eigenvalue weighted by Crippen LogP contribution is -2.18. The SMILES string of the molecule is [C-]#[N+]C(C#N)=C1C=C(C=Cc2sc(C3=NN(c4cccc(C)c4)C(c4ccccc4)C3)c3c2OCCO3)OC(C(C)(C)C)=C1. The molecular weight excluding hydrogens is 568 g/mol. The lowest BCUT2D eigenvalue weighted by Gasteiger charge is -2.26. The summed E-state index contributed by atoms with van der Waals surface area (Å²) in [6, 6.07) is 20.9. The second kappa shape index (κ2) is 11.9. The third kappa shape index (κ3) is 5.77. The van der Waals surface area contributed by atoms with Crippen LogP contribution in [0, 0.1) is 30.2 Å². The van der Waals surface area contributed by atoms with Crippen LogP contribution in [0.3, 0.4) is 0 Å². The van der Waals surface area contributed by atoms with Crippen molar-refractivity contribution in [3.05, 3.63) is 128 Å². The van der Waals surface area contributed by atoms with Crippen LogP contribution in [-0.4, -0.2) is 18.9 Å². The second-order valence-corrected chi connectivity index (χ2v) is 12.8. The summed E-state index contributed by atoms with van der Waals surface area (Å²) in [6.07, 6.45) is 8.02. The highest BCUT2D eigenvalue weighted by Crippen LogP contribution is 2.48. The number of hydrazone groups is 1. The van der Waals surface area contributed by atoms with Crippen molar-refractivity contribution in [1.29, 1.82) is 5.26 Å². The molecule has 0 spiro atoms. The van der Waals surface area contributed by atoms with Gasteiger partial charge < -0.3 is 14.2 Å². The molecule has 0 saturated carbocycles. The number of anilines is 1. The highest BCUT2D eigenvalue weighted by molar-refractivity contribution is 7.15. The first kappa shape index (κ1) is 29.0. The lowest BCUT2D eigenvalue weighted by atomic mass is 9.91. The number of aryl methyl sites for hydroxylation is 1. The molecule has 2 aromatic carbocycles. The van der Waals surface area contributed by atoms with Gasteiger partial charge >= 0.3 is 0 Å². The van der Waals surface area contributed by atoms with E-state index in [-0.39, 0.29) is 17.2 Å². The molecule has 4 heterocycles. The molecule has 3 aromatic rings. The van der Waals surface area contributed by atoms with Gasteiger partial charge in [-0.25, -0.2) is 10.1 Å². The van der Waals surface area contributed by atoms with E-state index in [9.17, 15) is 5.26 Å². The Morgan fingerprint density at radius 1 is 1.07 bits per heavy atom. The first-order valence-corrected chi connectivity index (χ1v) is 15.3. The van der Waals surface area contributed by atoms with Crippen molar-refractivity contribution < 1.29 is 14.2 Å². The number of benzene rings is 2. The van der Waals surface area contributed by atoms with Crippen LogP contribution in [0.4, 0.5) is 5.69 Å². The Morgan fingerprint density at radius 3 is 2.55 bits per heavy atom. The Kier molecular flexibility index (Phi) is 7.86. The molecule has 0 N–H and O–H groups in total. The maximum Gasteiger partial charge on any atom is 0.269 e. The summed E-state index contributed by atoms with van der Waals surface area (Å²) >= 11 is 1.58. The van der Waals surface area contributed by atoms with Crippen molar-refractivity contribution in [3.63, 3.8) is 0 Å². The molecule has 0 aliphatic carbocycles. The van der Waals surface area contributed by atoms with E-state index in [1.165, 1.54) is 11.1 Å². The van der Waals surface area contributed by atoms with Crippen molar-refractivity contribution in [3.8, 4) is 17.6 Å². The summed E-state index contributed by atoms with van der Waals surface area (Å²) in [5.74, 6) is 2.63. The minimum Gasteiger partial charge on any atom is -0.485 e. The van der Waals surface area contributed by atoms with E-state index in [1.54, 1.807) is 23.5 Å². The third-order valence-electron chi connectivity index (χ3n) is 7.49. The van der Waals surface area contributed by atoms with Crippen LogP contribution in [-0.2, 0) is 4.74 Å². The highest BCUT2D eigenvalue weighted by atomic mass is 32.1. The van der Waals surface area contributed by atoms with Crippen molar-refractivity contribution >= 4 is 28.8 Å². The van der Waals surface area contributed by atoms with E-state index in [4.69, 9.17) is 25.9 Å². The molecule has 44 heavy (non-hydrogen) atoms. The topological polar surface area (TPSA) is 71.4 Å². The smallest absolute Gasteiger partial charge is 0.269 e. The molecule has 1 aromatic heterocycles. The van der Waals surface area contributed by atoms with Crippen molar-refractivity contribution in [2.75, 3.05) is 18.2 Å². The normalized spacial score (nSPS) is 19.0. The number of allylic oxidation sites excluding steroid dienone is 6. The summed E-state index contributed by atoms with van der Waals surface area (Å²) < 4.78 is 18.6. The standard InChI is InChI=1S/C36H32N4O3S/c1-23-10-9-13-26(18-23)40-30(24-11-7-6-8-12-24)21-28(39-40)35-34-33(41-16-17-42-34)31(44-35)15-14-27-19-25(29(22-37)38-5)20-32(43-27)36(2,3)4/h6-15,18-20,30H,16-17,21H2,1-4H3. The van der Waals surface area contributed by atoms with E-state index < -0.39 is 0 Å². The molecule has 1 unspecified atom stereocenters. The number of rotatable bonds is 5. The molecule has 3 aliphatic rings. The largest absolute Gasteiger partial charge is 0.485 e. The van der Waals surface area contributed by atoms with Gasteiger partial charge in [0.15, 0.2) is 11.5 Å². The van der Waals surface area contributed by atoms with Crippen LogP contribution in [0.1, 0.15) is 54.1 Å². The molecule has 8 heteroatoms. The summed E-state index contributed by atoms with van der Waals surface area (Å²) in [5, 5.41) is 16.8. The molecule has 0 radical (unpaired) electrons. The van der Waals surface area contributed by atoms with Gasteiger partial charge in [-0.1, -0.05) is 63.2 Å². The Hall–Kier alpha value is -5.05. The predicted octanol–water partition coefficient (Wildman–Crippen LogP) is 8.74. The van der Waals surface area contributed by atoms with Crippen LogP contribution in [0.15, 0.2) is 101 Å². The monoisotopic (exact) mass is 600 g/mol. The zero-order valence-electron chi connectivity index (χ0n) is 25.1. The van der Waals surface area contributed by atoms with Gasteiger partial charge in [-0.05, 0) is 60.1 Å². The second-order valence-electron chi connectivity index (χ2n) is 11.8. The van der Waals surface area contributed by atoms with Crippen molar-refractivity contribution in [2.45, 2.75) is 40.2 Å². The number of thiophene rings is 1. The van der Waals surface area contributed by atoms with Gasteiger partial charge in [0.1, 0.15) is 24.7 Å². The molecule has 6 rings (SSSR count). The lowest BCUT2D eigenvalue weighted by molar-refractivity contribution is 0.173. The maximum atomic E-state index is 9.51. The minimum atomic E-state index is -0.313. The van der Waals surface area contributed by atoms with Gasteiger partial charge in [0.2, 0.25) is 0 Å². The van der Waals surface area contributed by atoms with Crippen LogP contribution in [0.25, 0.3) is 10.9 Å². The van der Waals surface area contributed by atoms with Gasteiger partial charge in [-0.2, -0.15) is 5.10 Å². The van der Waals surface area contributed by atoms with Gasteiger partial charge in [0, 0.05) is 11.8 Å². The summed E-state index contributed by atoms with van der Waals surface area (Å²) in [4.78, 5) is 5.25. The Labute approximate surface area is 262 Å². The summed E-state index contributed by atoms with van der Waals surface area (Å²) in [5.41, 5.74) is 4.61. The molecule has 0 bridgehead atoms. The third-order valence-corrected chi connectivity index (χ3v) is 8.66. The average molecular weight is 601 g/mol. The molecule has 0 saturated heterocycles. The Balaban J connectivity index is 1.38. The molecule has 3 aliphatic heterocycles. The molecule has 0 fully saturated rings. The van der Waals surface area contributed by atoms with E-state index >= 15 is 0 Å². The zero-order chi connectivity index (χ0) is 30.8. The van der Waals surface area contributed by atoms with Gasteiger partial charge in [-0.15, -0.1) is 11.3 Å². The van der Waals surface area contributed by atoms with Crippen LogP contribution in [0.5, 0.6) is 11.5 Å². The number of nitriles is 1. The number of nitrogens with zero attached hydrogens (tertiary/aromatic N) is 4. The van der Waals surface area contributed by atoms with Crippen LogP contribution >= 0.6 is 11.3 Å². The fourth-order valence-corrected chi connectivity index (χ4v) is 6.37. The fourth-order valence-electron chi connectivity index (χ4n) is 5.29. The number of hydrogen-bond acceptors (Lipinski definition) is 7. The molecule has 220 valence electrons.